The van der Waals surface area contributed by atoms with Gasteiger partial charge in [-0.1, -0.05) is 0 Å². The van der Waals surface area contributed by atoms with Gasteiger partial charge >= 0.3 is 5.97 Å². The standard InChI is InChI=1S/C8H13N3O4S/c1-15-8(12)6-16(13,14)11-3-2-7-9-4-5-10-7/h4-5,11H,2-3,6H2,1H3,(H,9,10). The van der Waals surface area contributed by atoms with E-state index in [0.29, 0.717) is 12.2 Å². The number of esters is 1. The largest absolute Gasteiger partial charge is 0.468 e. The number of imidazole rings is 1. The van der Waals surface area contributed by atoms with Crippen molar-refractivity contribution in [2.24, 2.45) is 0 Å². The summed E-state index contributed by atoms with van der Waals surface area (Å²) in [6.45, 7) is 0.187. The Morgan fingerprint density at radius 3 is 2.94 bits per heavy atom. The van der Waals surface area contributed by atoms with Gasteiger partial charge in [-0.05, 0) is 0 Å². The van der Waals surface area contributed by atoms with Crippen molar-refractivity contribution in [2.45, 2.75) is 6.42 Å². The van der Waals surface area contributed by atoms with Crippen molar-refractivity contribution in [3.05, 3.63) is 18.2 Å². The topological polar surface area (TPSA) is 101 Å². The SMILES string of the molecule is COC(=O)CS(=O)(=O)NCCc1ncc[nH]1. The second-order valence-electron chi connectivity index (χ2n) is 3.02. The molecule has 0 amide bonds. The highest BCUT2D eigenvalue weighted by atomic mass is 32.2. The molecule has 0 aliphatic rings. The molecule has 0 atom stereocenters. The predicted molar refractivity (Wildman–Crippen MR) is 56.1 cm³/mol. The summed E-state index contributed by atoms with van der Waals surface area (Å²) in [6, 6.07) is 0. The lowest BCUT2D eigenvalue weighted by Crippen LogP contribution is -2.32. The molecule has 2 N–H and O–H groups in total. The van der Waals surface area contributed by atoms with E-state index in [-0.39, 0.29) is 6.54 Å². The van der Waals surface area contributed by atoms with Crippen molar-refractivity contribution >= 4 is 16.0 Å². The zero-order valence-electron chi connectivity index (χ0n) is 8.76. The minimum Gasteiger partial charge on any atom is -0.468 e. The van der Waals surface area contributed by atoms with E-state index < -0.39 is 21.7 Å². The lowest BCUT2D eigenvalue weighted by atomic mass is 10.4. The third-order valence-corrected chi connectivity index (χ3v) is 3.03. The second-order valence-corrected chi connectivity index (χ2v) is 4.82. The first-order valence-electron chi connectivity index (χ1n) is 4.56. The number of nitrogens with one attached hydrogen (secondary N) is 2. The molecule has 0 saturated heterocycles. The third-order valence-electron chi connectivity index (χ3n) is 1.77. The first-order valence-corrected chi connectivity index (χ1v) is 6.21. The Hall–Kier alpha value is -1.41. The quantitative estimate of drug-likeness (QED) is 0.631. The Balaban J connectivity index is 2.34. The summed E-state index contributed by atoms with van der Waals surface area (Å²) in [7, 11) is -2.47. The van der Waals surface area contributed by atoms with Gasteiger partial charge in [-0.15, -0.1) is 0 Å². The molecule has 0 aliphatic carbocycles. The summed E-state index contributed by atoms with van der Waals surface area (Å²) in [6.07, 6.45) is 3.67. The van der Waals surface area contributed by atoms with Crippen LogP contribution in [-0.2, 0) is 26.0 Å². The van der Waals surface area contributed by atoms with Gasteiger partial charge in [0, 0.05) is 25.4 Å². The molecule has 0 unspecified atom stereocenters. The Morgan fingerprint density at radius 1 is 1.62 bits per heavy atom. The van der Waals surface area contributed by atoms with Crippen LogP contribution in [0.25, 0.3) is 0 Å². The van der Waals surface area contributed by atoms with E-state index in [1.807, 2.05) is 0 Å². The summed E-state index contributed by atoms with van der Waals surface area (Å²) >= 11 is 0. The maximum absolute atomic E-state index is 11.3. The Labute approximate surface area is 93.3 Å². The number of hydrogen-bond acceptors (Lipinski definition) is 5. The van der Waals surface area contributed by atoms with Gasteiger partial charge < -0.3 is 9.72 Å². The molecule has 8 heteroatoms. The van der Waals surface area contributed by atoms with Gasteiger partial charge in [-0.3, -0.25) is 4.79 Å². The van der Waals surface area contributed by atoms with Crippen molar-refractivity contribution < 1.29 is 17.9 Å². The summed E-state index contributed by atoms with van der Waals surface area (Å²) < 4.78 is 29.1. The van der Waals surface area contributed by atoms with Crippen LogP contribution in [0.15, 0.2) is 12.4 Å². The van der Waals surface area contributed by atoms with Crippen molar-refractivity contribution in [3.8, 4) is 0 Å². The van der Waals surface area contributed by atoms with Gasteiger partial charge in [0.15, 0.2) is 5.75 Å². The van der Waals surface area contributed by atoms with Crippen molar-refractivity contribution in [3.63, 3.8) is 0 Å². The number of aromatic nitrogens is 2. The normalized spacial score (nSPS) is 11.3. The second kappa shape index (κ2) is 5.61. The average Bonchev–Trinajstić information content (AvgIpc) is 2.69. The lowest BCUT2D eigenvalue weighted by molar-refractivity contribution is -0.137. The highest BCUT2D eigenvalue weighted by Gasteiger charge is 2.15. The number of methoxy groups -OCH3 is 1. The summed E-state index contributed by atoms with van der Waals surface area (Å²) in [5, 5.41) is 0. The Morgan fingerprint density at radius 2 is 2.38 bits per heavy atom. The fourth-order valence-corrected chi connectivity index (χ4v) is 1.97. The molecule has 0 fully saturated rings. The highest BCUT2D eigenvalue weighted by molar-refractivity contribution is 7.90. The van der Waals surface area contributed by atoms with Crippen molar-refractivity contribution in [1.82, 2.24) is 14.7 Å². The first kappa shape index (κ1) is 12.7. The number of rotatable bonds is 6. The molecule has 0 aromatic carbocycles. The summed E-state index contributed by atoms with van der Waals surface area (Å²) in [5.74, 6) is -0.770. The van der Waals surface area contributed by atoms with Gasteiger partial charge in [0.1, 0.15) is 5.82 Å². The van der Waals surface area contributed by atoms with Crippen LogP contribution in [-0.4, -0.2) is 43.8 Å². The van der Waals surface area contributed by atoms with Crippen LogP contribution in [0.1, 0.15) is 5.82 Å². The average molecular weight is 247 g/mol. The van der Waals surface area contributed by atoms with Crippen molar-refractivity contribution in [1.29, 1.82) is 0 Å². The number of hydrogen-bond donors (Lipinski definition) is 2. The van der Waals surface area contributed by atoms with Crippen LogP contribution < -0.4 is 4.72 Å². The van der Waals surface area contributed by atoms with Crippen LogP contribution >= 0.6 is 0 Å². The van der Waals surface area contributed by atoms with Crippen LogP contribution in [0.2, 0.25) is 0 Å². The summed E-state index contributed by atoms with van der Waals surface area (Å²) in [4.78, 5) is 17.5. The van der Waals surface area contributed by atoms with E-state index in [2.05, 4.69) is 19.4 Å². The molecule has 0 radical (unpaired) electrons. The number of nitrogens with zero attached hydrogens (tertiary/aromatic N) is 1. The number of H-pyrrole nitrogens is 1. The van der Waals surface area contributed by atoms with E-state index in [4.69, 9.17) is 0 Å². The molecular formula is C8H13N3O4S. The minimum atomic E-state index is -3.61. The van der Waals surface area contributed by atoms with Crippen LogP contribution in [0.5, 0.6) is 0 Å². The molecule has 0 spiro atoms. The van der Waals surface area contributed by atoms with E-state index in [0.717, 1.165) is 7.11 Å². The first-order chi connectivity index (χ1) is 7.53. The van der Waals surface area contributed by atoms with Gasteiger partial charge in [-0.25, -0.2) is 18.1 Å². The Bertz CT molecular complexity index is 426. The molecular weight excluding hydrogens is 234 g/mol. The molecule has 0 saturated carbocycles. The van der Waals surface area contributed by atoms with Gasteiger partial charge in [0.05, 0.1) is 7.11 Å². The smallest absolute Gasteiger partial charge is 0.322 e. The fraction of sp³-hybridized carbons (Fsp3) is 0.500. The van der Waals surface area contributed by atoms with Gasteiger partial charge in [0.25, 0.3) is 0 Å². The van der Waals surface area contributed by atoms with Crippen LogP contribution in [0, 0.1) is 0 Å². The molecule has 90 valence electrons. The van der Waals surface area contributed by atoms with Gasteiger partial charge in [-0.2, -0.15) is 0 Å². The number of ether oxygens (including phenoxy) is 1. The lowest BCUT2D eigenvalue weighted by Gasteiger charge is -2.04. The molecule has 1 heterocycles. The van der Waals surface area contributed by atoms with E-state index in [1.54, 1.807) is 12.4 Å². The summed E-state index contributed by atoms with van der Waals surface area (Å²) in [5.41, 5.74) is 0. The number of carbonyl (C=O) groups excluding carboxylic acids is 1. The minimum absolute atomic E-state index is 0.187. The van der Waals surface area contributed by atoms with Crippen LogP contribution in [0.3, 0.4) is 0 Å². The van der Waals surface area contributed by atoms with Gasteiger partial charge in [0.2, 0.25) is 10.0 Å². The third kappa shape index (κ3) is 4.41. The molecule has 1 rings (SSSR count). The zero-order valence-corrected chi connectivity index (χ0v) is 9.58. The number of carbonyl (C=O) groups is 1. The zero-order chi connectivity index (χ0) is 12.0. The van der Waals surface area contributed by atoms with E-state index in [9.17, 15) is 13.2 Å². The number of sulfonamides is 1. The molecule has 1 aromatic heterocycles. The molecule has 7 nitrogen and oxygen atoms in total. The maximum Gasteiger partial charge on any atom is 0.322 e. The van der Waals surface area contributed by atoms with E-state index >= 15 is 0 Å². The monoisotopic (exact) mass is 247 g/mol. The number of aromatic amines is 1. The fourth-order valence-electron chi connectivity index (χ4n) is 1.02. The predicted octanol–water partition coefficient (Wildman–Crippen LogP) is -0.955. The molecule has 1 aromatic rings. The van der Waals surface area contributed by atoms with E-state index in [1.165, 1.54) is 0 Å². The maximum atomic E-state index is 11.3. The molecule has 0 bridgehead atoms. The highest BCUT2D eigenvalue weighted by Crippen LogP contribution is 1.91. The molecule has 0 aliphatic heterocycles. The molecule has 16 heavy (non-hydrogen) atoms. The van der Waals surface area contributed by atoms with Crippen LogP contribution in [0.4, 0.5) is 0 Å². The van der Waals surface area contributed by atoms with Crippen molar-refractivity contribution in [2.75, 3.05) is 19.4 Å². The Kier molecular flexibility index (Phi) is 4.44.